The Labute approximate surface area is 124 Å². The summed E-state index contributed by atoms with van der Waals surface area (Å²) >= 11 is 1.37. The number of hydrogen-bond acceptors (Lipinski definition) is 6. The van der Waals surface area contributed by atoms with Crippen molar-refractivity contribution in [3.8, 4) is 0 Å². The Balaban J connectivity index is 2.82. The summed E-state index contributed by atoms with van der Waals surface area (Å²) in [6.07, 6.45) is 2.25. The Bertz CT molecular complexity index is 442. The number of carbonyl (C=O) groups excluding carboxylic acids is 1. The second-order valence-corrected chi connectivity index (χ2v) is 6.38. The third-order valence-corrected chi connectivity index (χ3v) is 3.26. The number of aromatic nitrogens is 2. The maximum atomic E-state index is 11.9. The van der Waals surface area contributed by atoms with Gasteiger partial charge in [-0.2, -0.15) is 0 Å². The lowest BCUT2D eigenvalue weighted by molar-refractivity contribution is 0.0474. The van der Waals surface area contributed by atoms with E-state index in [2.05, 4.69) is 15.5 Å². The summed E-state index contributed by atoms with van der Waals surface area (Å²) in [6.45, 7) is 9.53. The molecule has 1 N–H and O–H groups in total. The standard InChI is InChI=1S/C13H23N3O3S/c1-7-8(2)9(10-15-16-12(18-10)20-6)14-11(17)19-13(3,4)5/h8-9H,7H2,1-6H3,(H,14,17)/t8-,9-/m1/s1. The average Bonchev–Trinajstić information content (AvgIpc) is 2.81. The molecule has 0 saturated heterocycles. The molecule has 0 aromatic carbocycles. The van der Waals surface area contributed by atoms with Gasteiger partial charge in [0.05, 0.1) is 0 Å². The zero-order valence-corrected chi connectivity index (χ0v) is 13.7. The minimum absolute atomic E-state index is 0.165. The number of carbonyl (C=O) groups is 1. The first-order valence-electron chi connectivity index (χ1n) is 6.63. The molecule has 6 nitrogen and oxygen atoms in total. The third kappa shape index (κ3) is 5.03. The molecule has 0 saturated carbocycles. The van der Waals surface area contributed by atoms with Crippen LogP contribution < -0.4 is 5.32 Å². The van der Waals surface area contributed by atoms with Gasteiger partial charge in [-0.1, -0.05) is 32.0 Å². The molecular formula is C13H23N3O3S. The molecule has 1 aromatic heterocycles. The van der Waals surface area contributed by atoms with Gasteiger partial charge in [-0.3, -0.25) is 0 Å². The predicted octanol–water partition coefficient (Wildman–Crippen LogP) is 3.40. The lowest BCUT2D eigenvalue weighted by atomic mass is 9.99. The quantitative estimate of drug-likeness (QED) is 0.840. The van der Waals surface area contributed by atoms with E-state index in [1.54, 1.807) is 0 Å². The average molecular weight is 301 g/mol. The van der Waals surface area contributed by atoms with E-state index in [-0.39, 0.29) is 12.0 Å². The highest BCUT2D eigenvalue weighted by Crippen LogP contribution is 2.26. The van der Waals surface area contributed by atoms with Crippen LogP contribution in [0.4, 0.5) is 4.79 Å². The number of thioether (sulfide) groups is 1. The normalized spacial score (nSPS) is 14.7. The van der Waals surface area contributed by atoms with E-state index in [1.165, 1.54) is 11.8 Å². The van der Waals surface area contributed by atoms with E-state index in [0.717, 1.165) is 6.42 Å². The fourth-order valence-electron chi connectivity index (χ4n) is 1.55. The van der Waals surface area contributed by atoms with Crippen LogP contribution in [0.5, 0.6) is 0 Å². The van der Waals surface area contributed by atoms with E-state index in [4.69, 9.17) is 9.15 Å². The van der Waals surface area contributed by atoms with Crippen LogP contribution in [-0.2, 0) is 4.74 Å². The van der Waals surface area contributed by atoms with Gasteiger partial charge < -0.3 is 14.5 Å². The number of nitrogens with zero attached hydrogens (tertiary/aromatic N) is 2. The summed E-state index contributed by atoms with van der Waals surface area (Å²) < 4.78 is 10.8. The number of hydrogen-bond donors (Lipinski definition) is 1. The number of nitrogens with one attached hydrogen (secondary N) is 1. The Morgan fingerprint density at radius 1 is 1.45 bits per heavy atom. The maximum Gasteiger partial charge on any atom is 0.408 e. The molecular weight excluding hydrogens is 278 g/mol. The monoisotopic (exact) mass is 301 g/mol. The lowest BCUT2D eigenvalue weighted by Gasteiger charge is -2.24. The van der Waals surface area contributed by atoms with Gasteiger partial charge in [-0.15, -0.1) is 10.2 Å². The number of rotatable bonds is 5. The lowest BCUT2D eigenvalue weighted by Crippen LogP contribution is -2.37. The van der Waals surface area contributed by atoms with Crippen molar-refractivity contribution in [3.63, 3.8) is 0 Å². The van der Waals surface area contributed by atoms with Crippen LogP contribution in [0.25, 0.3) is 0 Å². The van der Waals surface area contributed by atoms with Crippen LogP contribution in [0.1, 0.15) is 53.0 Å². The van der Waals surface area contributed by atoms with Gasteiger partial charge in [0.1, 0.15) is 11.6 Å². The molecule has 1 aromatic rings. The molecule has 20 heavy (non-hydrogen) atoms. The summed E-state index contributed by atoms with van der Waals surface area (Å²) in [5, 5.41) is 11.2. The highest BCUT2D eigenvalue weighted by atomic mass is 32.2. The van der Waals surface area contributed by atoms with E-state index in [1.807, 2.05) is 40.9 Å². The zero-order valence-electron chi connectivity index (χ0n) is 12.9. The Morgan fingerprint density at radius 3 is 2.55 bits per heavy atom. The Hall–Kier alpha value is -1.24. The fourth-order valence-corrected chi connectivity index (χ4v) is 1.84. The van der Waals surface area contributed by atoms with Crippen LogP contribution >= 0.6 is 11.8 Å². The van der Waals surface area contributed by atoms with E-state index in [0.29, 0.717) is 11.1 Å². The molecule has 1 rings (SSSR count). The largest absolute Gasteiger partial charge is 0.444 e. The van der Waals surface area contributed by atoms with Gasteiger partial charge in [0.2, 0.25) is 5.89 Å². The molecule has 2 atom stereocenters. The molecule has 0 unspecified atom stereocenters. The highest BCUT2D eigenvalue weighted by Gasteiger charge is 2.28. The smallest absolute Gasteiger partial charge is 0.408 e. The molecule has 0 aliphatic carbocycles. The molecule has 0 bridgehead atoms. The van der Waals surface area contributed by atoms with Crippen LogP contribution in [0.15, 0.2) is 9.64 Å². The van der Waals surface area contributed by atoms with Crippen molar-refractivity contribution in [3.05, 3.63) is 5.89 Å². The predicted molar refractivity (Wildman–Crippen MR) is 77.6 cm³/mol. The maximum absolute atomic E-state index is 11.9. The number of amides is 1. The molecule has 0 aliphatic rings. The number of alkyl carbamates (subject to hydrolysis) is 1. The molecule has 1 amide bonds. The van der Waals surface area contributed by atoms with Crippen molar-refractivity contribution in [1.82, 2.24) is 15.5 Å². The minimum Gasteiger partial charge on any atom is -0.444 e. The molecule has 0 fully saturated rings. The van der Waals surface area contributed by atoms with E-state index < -0.39 is 11.7 Å². The summed E-state index contributed by atoms with van der Waals surface area (Å²) in [7, 11) is 0. The second-order valence-electron chi connectivity index (χ2n) is 5.62. The van der Waals surface area contributed by atoms with Crippen molar-refractivity contribution in [2.45, 2.75) is 57.9 Å². The van der Waals surface area contributed by atoms with E-state index >= 15 is 0 Å². The van der Waals surface area contributed by atoms with Crippen molar-refractivity contribution in [2.24, 2.45) is 5.92 Å². The molecule has 7 heteroatoms. The van der Waals surface area contributed by atoms with Crippen LogP contribution in [0.3, 0.4) is 0 Å². The van der Waals surface area contributed by atoms with Crippen molar-refractivity contribution >= 4 is 17.9 Å². The molecule has 114 valence electrons. The molecule has 0 aliphatic heterocycles. The molecule has 1 heterocycles. The summed E-state index contributed by atoms with van der Waals surface area (Å²) in [5.41, 5.74) is -0.538. The topological polar surface area (TPSA) is 77.2 Å². The summed E-state index contributed by atoms with van der Waals surface area (Å²) in [4.78, 5) is 11.9. The van der Waals surface area contributed by atoms with Gasteiger partial charge in [0.25, 0.3) is 5.22 Å². The van der Waals surface area contributed by atoms with Gasteiger partial charge >= 0.3 is 6.09 Å². The van der Waals surface area contributed by atoms with Gasteiger partial charge in [-0.05, 0) is 32.9 Å². The van der Waals surface area contributed by atoms with Crippen molar-refractivity contribution in [2.75, 3.05) is 6.26 Å². The summed E-state index contributed by atoms with van der Waals surface area (Å²) in [5.74, 6) is 0.576. The van der Waals surface area contributed by atoms with E-state index in [9.17, 15) is 4.79 Å². The number of ether oxygens (including phenoxy) is 1. The Kier molecular flexibility index (Phi) is 5.86. The first-order valence-corrected chi connectivity index (χ1v) is 7.86. The SMILES string of the molecule is CC[C@@H](C)[C@@H](NC(=O)OC(C)(C)C)c1nnc(SC)o1. The third-order valence-electron chi connectivity index (χ3n) is 2.75. The Morgan fingerprint density at radius 2 is 2.10 bits per heavy atom. The van der Waals surface area contributed by atoms with Crippen LogP contribution in [0.2, 0.25) is 0 Å². The van der Waals surface area contributed by atoms with Crippen molar-refractivity contribution < 1.29 is 13.9 Å². The van der Waals surface area contributed by atoms with Gasteiger partial charge in [0.15, 0.2) is 0 Å². The molecule has 0 spiro atoms. The van der Waals surface area contributed by atoms with Crippen LogP contribution in [-0.4, -0.2) is 28.1 Å². The second kappa shape index (κ2) is 6.97. The first-order chi connectivity index (χ1) is 9.26. The van der Waals surface area contributed by atoms with Gasteiger partial charge in [0, 0.05) is 0 Å². The first kappa shape index (κ1) is 16.8. The summed E-state index contributed by atoms with van der Waals surface area (Å²) in [6, 6.07) is -0.344. The zero-order chi connectivity index (χ0) is 15.3. The van der Waals surface area contributed by atoms with Gasteiger partial charge in [-0.25, -0.2) is 4.79 Å². The minimum atomic E-state index is -0.538. The fraction of sp³-hybridized carbons (Fsp3) is 0.769. The van der Waals surface area contributed by atoms with Crippen molar-refractivity contribution in [1.29, 1.82) is 0 Å². The molecule has 0 radical (unpaired) electrons. The highest BCUT2D eigenvalue weighted by molar-refractivity contribution is 7.98. The van der Waals surface area contributed by atoms with Crippen LogP contribution in [0, 0.1) is 5.92 Å².